The van der Waals surface area contributed by atoms with E-state index < -0.39 is 6.03 Å². The number of hydrogen-bond acceptors (Lipinski definition) is 2. The fourth-order valence-electron chi connectivity index (χ4n) is 1.06. The number of aliphatic hydroxyl groups excluding tert-OH is 1. The van der Waals surface area contributed by atoms with Gasteiger partial charge >= 0.3 is 0 Å². The molecule has 2 nitrogen and oxygen atoms in total. The van der Waals surface area contributed by atoms with Gasteiger partial charge in [-0.15, -0.1) is 0 Å². The van der Waals surface area contributed by atoms with Gasteiger partial charge < -0.3 is 40.5 Å². The Morgan fingerprint density at radius 3 is 1.81 bits per heavy atom. The van der Waals surface area contributed by atoms with Crippen molar-refractivity contribution in [1.82, 2.24) is 0 Å². The zero-order valence-corrected chi connectivity index (χ0v) is 10.8. The molecule has 2 rings (SSSR count). The van der Waals surface area contributed by atoms with Crippen LogP contribution in [0.2, 0.25) is 0 Å². The molecule has 0 aliphatic heterocycles. The molecule has 1 atom stereocenters. The molecule has 0 heterocycles. The van der Waals surface area contributed by atoms with Gasteiger partial charge in [0.15, 0.2) is 6.03 Å². The second-order valence-corrected chi connectivity index (χ2v) is 4.29. The van der Waals surface area contributed by atoms with Gasteiger partial charge in [-0.1, -0.05) is 14.7 Å². The van der Waals surface area contributed by atoms with Crippen LogP contribution >= 0.6 is 8.58 Å². The summed E-state index contributed by atoms with van der Waals surface area (Å²) in [5, 5.41) is 17.0. The van der Waals surface area contributed by atoms with Crippen LogP contribution < -0.4 is 0 Å². The molecule has 0 aliphatic carbocycles. The molecule has 94 valence electrons. The number of hydrogen-bond donors (Lipinski definition) is 2. The van der Waals surface area contributed by atoms with Crippen LogP contribution in [-0.2, 0) is 23.2 Å². The zero-order valence-electron chi connectivity index (χ0n) is 8.73. The van der Waals surface area contributed by atoms with Crippen LogP contribution in [0.15, 0.2) is 54.6 Å². The van der Waals surface area contributed by atoms with E-state index in [1.165, 1.54) is 5.56 Å². The molecule has 0 spiro atoms. The van der Waals surface area contributed by atoms with E-state index in [0.717, 1.165) is 6.16 Å². The zero-order chi connectivity index (χ0) is 10.9. The maximum atomic E-state index is 8.52. The molecule has 0 bridgehead atoms. The average Bonchev–Trinajstić information content (AvgIpc) is 2.91. The van der Waals surface area contributed by atoms with Gasteiger partial charge in [0, 0.05) is 17.1 Å². The van der Waals surface area contributed by atoms with E-state index in [4.69, 9.17) is 10.2 Å². The van der Waals surface area contributed by atoms with Gasteiger partial charge in [0.05, 0.1) is 0 Å². The first-order valence-corrected chi connectivity index (χ1v) is 6.04. The quantitative estimate of drug-likeness (QED) is 0.391. The Balaban J connectivity index is 0.000000318. The van der Waals surface area contributed by atoms with Crippen LogP contribution in [0.3, 0.4) is 0 Å². The first-order valence-electron chi connectivity index (χ1n) is 4.76. The molecule has 0 aromatic heterocycles. The predicted molar refractivity (Wildman–Crippen MR) is 64.3 cm³/mol. The molecule has 0 fully saturated rings. The van der Waals surface area contributed by atoms with Gasteiger partial charge in [-0.2, -0.15) is 17.7 Å². The van der Waals surface area contributed by atoms with Crippen molar-refractivity contribution in [3.05, 3.63) is 60.2 Å². The molecule has 2 aromatic rings. The van der Waals surface area contributed by atoms with Gasteiger partial charge in [-0.05, 0) is 0 Å². The molecule has 16 heavy (non-hydrogen) atoms. The topological polar surface area (TPSA) is 40.5 Å². The minimum Gasteiger partial charge on any atom is -0.748 e. The van der Waals surface area contributed by atoms with E-state index in [9.17, 15) is 0 Å². The SMILES string of the molecule is OC(O)PC[c-]1cccc1.[Fe].[cH-]1[cH-][cH-][cH-][cH-]1. The van der Waals surface area contributed by atoms with Crippen LogP contribution in [0.1, 0.15) is 5.56 Å². The monoisotopic (exact) mass is 278 g/mol. The molecule has 0 saturated carbocycles. The molecule has 0 aliphatic rings. The fourth-order valence-corrected chi connectivity index (χ4v) is 1.72. The van der Waals surface area contributed by atoms with Crippen molar-refractivity contribution >= 4 is 8.58 Å². The van der Waals surface area contributed by atoms with Crippen LogP contribution in [0.25, 0.3) is 0 Å². The van der Waals surface area contributed by atoms with E-state index in [1.807, 2.05) is 54.6 Å². The van der Waals surface area contributed by atoms with Gasteiger partial charge in [0.1, 0.15) is 0 Å². The molecule has 0 radical (unpaired) electrons. The van der Waals surface area contributed by atoms with Crippen LogP contribution in [0.5, 0.6) is 0 Å². The van der Waals surface area contributed by atoms with Gasteiger partial charge in [0.25, 0.3) is 0 Å². The Morgan fingerprint density at radius 2 is 1.44 bits per heavy atom. The Hall–Kier alpha value is -0.431. The summed E-state index contributed by atoms with van der Waals surface area (Å²) < 4.78 is 0. The van der Waals surface area contributed by atoms with Crippen molar-refractivity contribution < 1.29 is 27.3 Å². The van der Waals surface area contributed by atoms with Crippen molar-refractivity contribution in [2.24, 2.45) is 0 Å². The summed E-state index contributed by atoms with van der Waals surface area (Å²) in [6.45, 7) is 0. The van der Waals surface area contributed by atoms with E-state index in [1.54, 1.807) is 0 Å². The predicted octanol–water partition coefficient (Wildman–Crippen LogP) is 2.26. The Labute approximate surface area is 108 Å². The van der Waals surface area contributed by atoms with E-state index in [-0.39, 0.29) is 25.6 Å². The van der Waals surface area contributed by atoms with Gasteiger partial charge in [-0.25, -0.2) is 12.1 Å². The maximum absolute atomic E-state index is 8.52. The third-order valence-electron chi connectivity index (χ3n) is 1.78. The molecule has 0 amide bonds. The van der Waals surface area contributed by atoms with Gasteiger partial charge in [-0.3, -0.25) is 0 Å². The third-order valence-corrected chi connectivity index (χ3v) is 2.75. The molecule has 2 N–H and O–H groups in total. The van der Waals surface area contributed by atoms with Crippen LogP contribution in [-0.4, -0.2) is 16.2 Å². The second kappa shape index (κ2) is 9.77. The second-order valence-electron chi connectivity index (χ2n) is 3.01. The summed E-state index contributed by atoms with van der Waals surface area (Å²) in [5.41, 5.74) is 1.17. The van der Waals surface area contributed by atoms with Crippen molar-refractivity contribution in [1.29, 1.82) is 0 Å². The molecule has 4 heteroatoms. The fraction of sp³-hybridized carbons (Fsp3) is 0.167. The molecule has 2 aromatic carbocycles. The van der Waals surface area contributed by atoms with Crippen LogP contribution in [0.4, 0.5) is 0 Å². The normalized spacial score (nSPS) is 9.94. The first-order chi connectivity index (χ1) is 7.29. The summed E-state index contributed by atoms with van der Waals surface area (Å²) in [7, 11) is 0.194. The Morgan fingerprint density at radius 1 is 1.00 bits per heavy atom. The average molecular weight is 278 g/mol. The summed E-state index contributed by atoms with van der Waals surface area (Å²) in [6.07, 6.45) is 0.769. The largest absolute Gasteiger partial charge is 0.748 e. The van der Waals surface area contributed by atoms with Crippen molar-refractivity contribution in [2.75, 3.05) is 0 Å². The smallest absolute Gasteiger partial charge is 0.166 e. The minimum absolute atomic E-state index is 0. The van der Waals surface area contributed by atoms with E-state index >= 15 is 0 Å². The Bertz CT molecular complexity index is 299. The maximum Gasteiger partial charge on any atom is 0.166 e. The van der Waals surface area contributed by atoms with Crippen molar-refractivity contribution in [3.63, 3.8) is 0 Å². The van der Waals surface area contributed by atoms with Gasteiger partial charge in [0.2, 0.25) is 0 Å². The standard InChI is InChI=1S/C7H10O2P.C5H5.Fe/c8-7(9)10-5-6-3-1-2-4-6;1-2-4-5-3-1;/h1-4,7-10H,5H2;1-5H;/q-1;-5;. The molecular weight excluding hydrogens is 263 g/mol. The summed E-state index contributed by atoms with van der Waals surface area (Å²) in [5.74, 6) is 0. The summed E-state index contributed by atoms with van der Waals surface area (Å²) in [6, 6.07) is 16.7. The van der Waals surface area contributed by atoms with Crippen molar-refractivity contribution in [3.8, 4) is 0 Å². The number of rotatable bonds is 3. The minimum atomic E-state index is -1.14. The van der Waals surface area contributed by atoms with E-state index in [0.29, 0.717) is 0 Å². The van der Waals surface area contributed by atoms with Crippen LogP contribution in [0, 0.1) is 0 Å². The van der Waals surface area contributed by atoms with E-state index in [2.05, 4.69) is 0 Å². The molecule has 1 unspecified atom stereocenters. The first kappa shape index (κ1) is 15.6. The Kier molecular flexibility index (Phi) is 9.51. The summed E-state index contributed by atoms with van der Waals surface area (Å²) in [4.78, 5) is 0. The third kappa shape index (κ3) is 7.81. The number of aliphatic hydroxyl groups is 2. The molecular formula is C12H15FeO2P-6. The summed E-state index contributed by atoms with van der Waals surface area (Å²) >= 11 is 0. The van der Waals surface area contributed by atoms with Crippen molar-refractivity contribution in [2.45, 2.75) is 12.2 Å². The molecule has 0 saturated heterocycles.